The van der Waals surface area contributed by atoms with Gasteiger partial charge in [-0.3, -0.25) is 0 Å². The fraction of sp³-hybridized carbons (Fsp3) is 0.750. The van der Waals surface area contributed by atoms with Gasteiger partial charge in [-0.15, -0.1) is 0 Å². The molecule has 0 saturated heterocycles. The van der Waals surface area contributed by atoms with Gasteiger partial charge in [0.1, 0.15) is 5.76 Å². The summed E-state index contributed by atoms with van der Waals surface area (Å²) in [5, 5.41) is 0. The Morgan fingerprint density at radius 3 is 2.60 bits per heavy atom. The summed E-state index contributed by atoms with van der Waals surface area (Å²) >= 11 is 0. The second-order valence-corrected chi connectivity index (χ2v) is 2.13. The fourth-order valence-electron chi connectivity index (χ4n) is 0.662. The van der Waals surface area contributed by atoms with E-state index in [4.69, 9.17) is 10.5 Å². The zero-order chi connectivity index (χ0) is 7.82. The van der Waals surface area contributed by atoms with Crippen molar-refractivity contribution in [2.24, 2.45) is 5.73 Å². The first-order chi connectivity index (χ1) is 4.85. The molecule has 0 heterocycles. The lowest BCUT2D eigenvalue weighted by molar-refractivity contribution is 0.209. The van der Waals surface area contributed by atoms with Crippen molar-refractivity contribution in [3.63, 3.8) is 0 Å². The largest absolute Gasteiger partial charge is 0.497 e. The molecule has 0 amide bonds. The summed E-state index contributed by atoms with van der Waals surface area (Å²) in [6, 6.07) is 0. The van der Waals surface area contributed by atoms with Crippen molar-refractivity contribution >= 4 is 0 Å². The molecule has 2 heteroatoms. The van der Waals surface area contributed by atoms with Crippen LogP contribution >= 0.6 is 0 Å². The first kappa shape index (κ1) is 9.50. The Morgan fingerprint density at radius 2 is 2.20 bits per heavy atom. The molecular weight excluding hydrogens is 126 g/mol. The molecule has 0 aliphatic carbocycles. The van der Waals surface area contributed by atoms with E-state index < -0.39 is 0 Å². The lowest BCUT2D eigenvalue weighted by atomic mass is 10.4. The maximum absolute atomic E-state index is 5.41. The molecule has 0 aliphatic rings. The van der Waals surface area contributed by atoms with E-state index in [-0.39, 0.29) is 0 Å². The number of ether oxygens (including phenoxy) is 1. The standard InChI is InChI=1S/C8H17NO/c1-3-5-8(7-9)10-6-4-2/h5H,3-4,6-7,9H2,1-2H3/b8-5-. The van der Waals surface area contributed by atoms with E-state index in [9.17, 15) is 0 Å². The molecule has 10 heavy (non-hydrogen) atoms. The van der Waals surface area contributed by atoms with E-state index in [1.807, 2.05) is 6.08 Å². The van der Waals surface area contributed by atoms with Crippen LogP contribution in [0.15, 0.2) is 11.8 Å². The van der Waals surface area contributed by atoms with E-state index in [1.54, 1.807) is 0 Å². The third kappa shape index (κ3) is 4.39. The van der Waals surface area contributed by atoms with E-state index in [2.05, 4.69) is 13.8 Å². The Labute approximate surface area is 63.1 Å². The highest BCUT2D eigenvalue weighted by Crippen LogP contribution is 1.97. The van der Waals surface area contributed by atoms with E-state index in [1.165, 1.54) is 0 Å². The molecule has 0 aromatic carbocycles. The van der Waals surface area contributed by atoms with Crippen molar-refractivity contribution in [3.05, 3.63) is 11.8 Å². The van der Waals surface area contributed by atoms with Crippen LogP contribution in [0.25, 0.3) is 0 Å². The molecule has 0 aromatic rings. The summed E-state index contributed by atoms with van der Waals surface area (Å²) in [6.07, 6.45) is 4.06. The van der Waals surface area contributed by atoms with Gasteiger partial charge in [0.05, 0.1) is 13.2 Å². The van der Waals surface area contributed by atoms with Gasteiger partial charge in [0.15, 0.2) is 0 Å². The predicted molar refractivity (Wildman–Crippen MR) is 43.7 cm³/mol. The molecule has 0 saturated carbocycles. The molecule has 0 rings (SSSR count). The fourth-order valence-corrected chi connectivity index (χ4v) is 0.662. The first-order valence-corrected chi connectivity index (χ1v) is 3.87. The Bertz CT molecular complexity index is 99.4. The van der Waals surface area contributed by atoms with Crippen molar-refractivity contribution in [2.75, 3.05) is 13.2 Å². The average Bonchev–Trinajstić information content (AvgIpc) is 1.98. The Kier molecular flexibility index (Phi) is 6.29. The van der Waals surface area contributed by atoms with Gasteiger partial charge in [-0.1, -0.05) is 13.8 Å². The Morgan fingerprint density at radius 1 is 1.50 bits per heavy atom. The maximum atomic E-state index is 5.41. The average molecular weight is 143 g/mol. The van der Waals surface area contributed by atoms with Gasteiger partial charge in [-0.05, 0) is 18.9 Å². The third-order valence-electron chi connectivity index (χ3n) is 1.12. The van der Waals surface area contributed by atoms with Gasteiger partial charge < -0.3 is 10.5 Å². The molecule has 0 aromatic heterocycles. The lowest BCUT2D eigenvalue weighted by Crippen LogP contribution is -2.07. The lowest BCUT2D eigenvalue weighted by Gasteiger charge is -2.05. The zero-order valence-corrected chi connectivity index (χ0v) is 6.89. The summed E-state index contributed by atoms with van der Waals surface area (Å²) in [5.41, 5.74) is 5.41. The van der Waals surface area contributed by atoms with Gasteiger partial charge in [-0.25, -0.2) is 0 Å². The molecule has 0 unspecified atom stereocenters. The second kappa shape index (κ2) is 6.62. The molecule has 60 valence electrons. The summed E-state index contributed by atoms with van der Waals surface area (Å²) in [4.78, 5) is 0. The normalized spacial score (nSPS) is 11.7. The highest BCUT2D eigenvalue weighted by atomic mass is 16.5. The van der Waals surface area contributed by atoms with Crippen molar-refractivity contribution in [1.82, 2.24) is 0 Å². The van der Waals surface area contributed by atoms with Crippen molar-refractivity contribution in [1.29, 1.82) is 0 Å². The van der Waals surface area contributed by atoms with Crippen molar-refractivity contribution in [3.8, 4) is 0 Å². The molecular formula is C8H17NO. The van der Waals surface area contributed by atoms with Crippen LogP contribution in [-0.4, -0.2) is 13.2 Å². The summed E-state index contributed by atoms with van der Waals surface area (Å²) in [7, 11) is 0. The first-order valence-electron chi connectivity index (χ1n) is 3.87. The van der Waals surface area contributed by atoms with E-state index in [0.717, 1.165) is 25.2 Å². The van der Waals surface area contributed by atoms with Crippen LogP contribution in [0, 0.1) is 0 Å². The highest BCUT2D eigenvalue weighted by molar-refractivity contribution is 4.93. The van der Waals surface area contributed by atoms with E-state index in [0.29, 0.717) is 6.54 Å². The topological polar surface area (TPSA) is 35.2 Å². The SMILES string of the molecule is CC/C=C(/CN)OCCC. The van der Waals surface area contributed by atoms with Gasteiger partial charge in [0.25, 0.3) is 0 Å². The predicted octanol–water partition coefficient (Wildman–Crippen LogP) is 1.67. The zero-order valence-electron chi connectivity index (χ0n) is 6.89. The Balaban J connectivity index is 3.49. The monoisotopic (exact) mass is 143 g/mol. The van der Waals surface area contributed by atoms with Crippen LogP contribution in [-0.2, 0) is 4.74 Å². The number of rotatable bonds is 5. The molecule has 0 bridgehead atoms. The van der Waals surface area contributed by atoms with Crippen LogP contribution in [0.3, 0.4) is 0 Å². The van der Waals surface area contributed by atoms with Crippen molar-refractivity contribution < 1.29 is 4.74 Å². The number of allylic oxidation sites excluding steroid dienone is 1. The summed E-state index contributed by atoms with van der Waals surface area (Å²) in [5.74, 6) is 0.921. The van der Waals surface area contributed by atoms with Crippen LogP contribution < -0.4 is 5.73 Å². The summed E-state index contributed by atoms with van der Waals surface area (Å²) in [6.45, 7) is 5.46. The molecule has 0 fully saturated rings. The quantitative estimate of drug-likeness (QED) is 0.594. The van der Waals surface area contributed by atoms with Crippen LogP contribution in [0.5, 0.6) is 0 Å². The smallest absolute Gasteiger partial charge is 0.105 e. The number of hydrogen-bond acceptors (Lipinski definition) is 2. The van der Waals surface area contributed by atoms with Gasteiger partial charge in [-0.2, -0.15) is 0 Å². The van der Waals surface area contributed by atoms with Crippen LogP contribution in [0.2, 0.25) is 0 Å². The van der Waals surface area contributed by atoms with Gasteiger partial charge >= 0.3 is 0 Å². The highest BCUT2D eigenvalue weighted by Gasteiger charge is 1.90. The molecule has 0 radical (unpaired) electrons. The third-order valence-corrected chi connectivity index (χ3v) is 1.12. The molecule has 0 aliphatic heterocycles. The van der Waals surface area contributed by atoms with Gasteiger partial charge in [0.2, 0.25) is 0 Å². The van der Waals surface area contributed by atoms with Gasteiger partial charge in [0, 0.05) is 0 Å². The molecule has 0 atom stereocenters. The minimum atomic E-state index is 0.522. The Hall–Kier alpha value is -0.500. The summed E-state index contributed by atoms with van der Waals surface area (Å²) < 4.78 is 5.32. The van der Waals surface area contributed by atoms with E-state index >= 15 is 0 Å². The van der Waals surface area contributed by atoms with Crippen LogP contribution in [0.1, 0.15) is 26.7 Å². The molecule has 0 spiro atoms. The minimum Gasteiger partial charge on any atom is -0.497 e. The second-order valence-electron chi connectivity index (χ2n) is 2.13. The molecule has 2 N–H and O–H groups in total. The number of hydrogen-bond donors (Lipinski definition) is 1. The number of nitrogens with two attached hydrogens (primary N) is 1. The van der Waals surface area contributed by atoms with Crippen molar-refractivity contribution in [2.45, 2.75) is 26.7 Å². The van der Waals surface area contributed by atoms with Crippen LogP contribution in [0.4, 0.5) is 0 Å². The minimum absolute atomic E-state index is 0.522. The molecule has 2 nitrogen and oxygen atoms in total. The maximum Gasteiger partial charge on any atom is 0.105 e.